The average Bonchev–Trinajstić information content (AvgIpc) is 3.12. The minimum atomic E-state index is -1.04. The number of halogens is 2. The lowest BCUT2D eigenvalue weighted by Crippen LogP contribution is -2.07. The van der Waals surface area contributed by atoms with E-state index in [0.717, 1.165) is 5.56 Å². The van der Waals surface area contributed by atoms with E-state index < -0.39 is 5.97 Å². The number of rotatable bonds is 5. The largest absolute Gasteiger partial charge is 0.478 e. The van der Waals surface area contributed by atoms with E-state index in [0.29, 0.717) is 32.9 Å². The highest BCUT2D eigenvalue weighted by molar-refractivity contribution is 6.37. The zero-order valence-electron chi connectivity index (χ0n) is 14.9. The molecule has 8 heteroatoms. The fourth-order valence-corrected chi connectivity index (χ4v) is 3.44. The van der Waals surface area contributed by atoms with Gasteiger partial charge in [-0.3, -0.25) is 4.98 Å². The molecule has 4 rings (SSSR count). The molecular weight excluding hydrogens is 411 g/mol. The van der Waals surface area contributed by atoms with Crippen molar-refractivity contribution in [2.75, 3.05) is 5.32 Å². The normalized spacial score (nSPS) is 10.7. The quantitative estimate of drug-likeness (QED) is 0.430. The number of para-hydroxylation sites is 1. The number of aromatic carboxylic acids is 1. The van der Waals surface area contributed by atoms with Gasteiger partial charge in [0.1, 0.15) is 11.5 Å². The number of nitrogens with zero attached hydrogens (tertiary/aromatic N) is 3. The van der Waals surface area contributed by atoms with Gasteiger partial charge in [0.15, 0.2) is 0 Å². The SMILES string of the molecule is O=C(O)c1ccccc1Nc1cc(-c2ccccc2)nn1-c1c(Cl)cncc1Cl. The molecule has 0 spiro atoms. The second-order valence-electron chi connectivity index (χ2n) is 6.12. The number of carboxylic acids is 1. The van der Waals surface area contributed by atoms with Gasteiger partial charge < -0.3 is 10.4 Å². The lowest BCUT2D eigenvalue weighted by atomic mass is 10.1. The zero-order chi connectivity index (χ0) is 20.4. The minimum absolute atomic E-state index is 0.133. The predicted octanol–water partition coefficient (Wildman–Crippen LogP) is 5.68. The summed E-state index contributed by atoms with van der Waals surface area (Å²) in [7, 11) is 0. The van der Waals surface area contributed by atoms with Gasteiger partial charge >= 0.3 is 5.97 Å². The van der Waals surface area contributed by atoms with Crippen LogP contribution in [0.4, 0.5) is 11.5 Å². The maximum absolute atomic E-state index is 11.6. The average molecular weight is 425 g/mol. The molecule has 0 amide bonds. The summed E-state index contributed by atoms with van der Waals surface area (Å²) in [5.74, 6) is -0.532. The van der Waals surface area contributed by atoms with E-state index in [4.69, 9.17) is 23.2 Å². The lowest BCUT2D eigenvalue weighted by Gasteiger charge is -2.13. The summed E-state index contributed by atoms with van der Waals surface area (Å²) in [5, 5.41) is 17.9. The van der Waals surface area contributed by atoms with Gasteiger partial charge in [0.25, 0.3) is 0 Å². The van der Waals surface area contributed by atoms with Crippen LogP contribution in [0.5, 0.6) is 0 Å². The summed E-state index contributed by atoms with van der Waals surface area (Å²) in [6.07, 6.45) is 2.95. The van der Waals surface area contributed by atoms with Crippen LogP contribution in [0.1, 0.15) is 10.4 Å². The first-order valence-corrected chi connectivity index (χ1v) is 9.34. The summed E-state index contributed by atoms with van der Waals surface area (Å²) < 4.78 is 1.55. The number of hydrogen-bond acceptors (Lipinski definition) is 4. The van der Waals surface area contributed by atoms with Crippen LogP contribution in [-0.4, -0.2) is 25.8 Å². The van der Waals surface area contributed by atoms with Crippen molar-refractivity contribution in [2.24, 2.45) is 0 Å². The fraction of sp³-hybridized carbons (Fsp3) is 0. The van der Waals surface area contributed by atoms with Crippen molar-refractivity contribution in [3.63, 3.8) is 0 Å². The highest BCUT2D eigenvalue weighted by Crippen LogP contribution is 2.33. The van der Waals surface area contributed by atoms with Crippen LogP contribution in [0.15, 0.2) is 73.1 Å². The van der Waals surface area contributed by atoms with Crippen molar-refractivity contribution in [3.8, 4) is 16.9 Å². The number of anilines is 2. The molecule has 0 saturated carbocycles. The van der Waals surface area contributed by atoms with Crippen molar-refractivity contribution in [3.05, 3.63) is 88.7 Å². The topological polar surface area (TPSA) is 80.0 Å². The molecule has 2 N–H and O–H groups in total. The molecule has 0 aliphatic carbocycles. The van der Waals surface area contributed by atoms with Gasteiger partial charge in [-0.05, 0) is 12.1 Å². The Balaban J connectivity index is 1.89. The van der Waals surface area contributed by atoms with Crippen molar-refractivity contribution in [1.29, 1.82) is 0 Å². The number of nitrogens with one attached hydrogen (secondary N) is 1. The third kappa shape index (κ3) is 3.81. The molecule has 0 radical (unpaired) electrons. The van der Waals surface area contributed by atoms with Crippen LogP contribution >= 0.6 is 23.2 Å². The number of aromatic nitrogens is 3. The van der Waals surface area contributed by atoms with Crippen LogP contribution < -0.4 is 5.32 Å². The van der Waals surface area contributed by atoms with Gasteiger partial charge in [0.2, 0.25) is 0 Å². The standard InChI is InChI=1S/C21H14Cl2N4O2/c22-15-11-24-12-16(23)20(15)27-19(10-18(26-27)13-6-2-1-3-7-13)25-17-9-5-4-8-14(17)21(28)29/h1-12,25H,(H,28,29). The number of carbonyl (C=O) groups is 1. The maximum atomic E-state index is 11.6. The second-order valence-corrected chi connectivity index (χ2v) is 6.93. The Morgan fingerprint density at radius 3 is 2.31 bits per heavy atom. The van der Waals surface area contributed by atoms with E-state index in [1.54, 1.807) is 28.9 Å². The van der Waals surface area contributed by atoms with E-state index in [2.05, 4.69) is 15.4 Å². The maximum Gasteiger partial charge on any atom is 0.337 e. The molecule has 29 heavy (non-hydrogen) atoms. The van der Waals surface area contributed by atoms with E-state index >= 15 is 0 Å². The Morgan fingerprint density at radius 2 is 1.62 bits per heavy atom. The lowest BCUT2D eigenvalue weighted by molar-refractivity contribution is 0.0698. The van der Waals surface area contributed by atoms with Crippen molar-refractivity contribution >= 4 is 40.7 Å². The molecule has 0 bridgehead atoms. The van der Waals surface area contributed by atoms with Gasteiger partial charge in [0, 0.05) is 24.0 Å². The zero-order valence-corrected chi connectivity index (χ0v) is 16.4. The predicted molar refractivity (Wildman–Crippen MR) is 113 cm³/mol. The summed E-state index contributed by atoms with van der Waals surface area (Å²) in [4.78, 5) is 15.6. The van der Waals surface area contributed by atoms with Crippen molar-refractivity contribution in [2.45, 2.75) is 0 Å². The first-order chi connectivity index (χ1) is 14.0. The molecule has 144 valence electrons. The molecule has 2 heterocycles. The van der Waals surface area contributed by atoms with Gasteiger partial charge in [-0.25, -0.2) is 9.48 Å². The highest BCUT2D eigenvalue weighted by atomic mass is 35.5. The first kappa shape index (κ1) is 19.0. The van der Waals surface area contributed by atoms with Gasteiger partial charge in [-0.1, -0.05) is 65.7 Å². The van der Waals surface area contributed by atoms with Crippen LogP contribution in [0.3, 0.4) is 0 Å². The fourth-order valence-electron chi connectivity index (χ4n) is 2.91. The molecule has 0 saturated heterocycles. The molecular formula is C21H14Cl2N4O2. The number of hydrogen-bond donors (Lipinski definition) is 2. The van der Waals surface area contributed by atoms with E-state index in [9.17, 15) is 9.90 Å². The van der Waals surface area contributed by atoms with Crippen molar-refractivity contribution < 1.29 is 9.90 Å². The van der Waals surface area contributed by atoms with Gasteiger partial charge in [-0.2, -0.15) is 5.10 Å². The van der Waals surface area contributed by atoms with Crippen LogP contribution in [0, 0.1) is 0 Å². The summed E-state index contributed by atoms with van der Waals surface area (Å²) in [5.41, 5.74) is 2.56. The first-order valence-electron chi connectivity index (χ1n) is 8.59. The molecule has 0 atom stereocenters. The molecule has 0 fully saturated rings. The third-order valence-electron chi connectivity index (χ3n) is 4.24. The smallest absolute Gasteiger partial charge is 0.337 e. The van der Waals surface area contributed by atoms with Crippen LogP contribution in [0.25, 0.3) is 16.9 Å². The molecule has 0 aliphatic heterocycles. The number of pyridine rings is 1. The Kier molecular flexibility index (Phi) is 5.20. The molecule has 2 aromatic heterocycles. The molecule has 0 unspecified atom stereocenters. The highest BCUT2D eigenvalue weighted by Gasteiger charge is 2.18. The molecule has 0 aliphatic rings. The summed E-state index contributed by atoms with van der Waals surface area (Å²) >= 11 is 12.7. The minimum Gasteiger partial charge on any atom is -0.478 e. The third-order valence-corrected chi connectivity index (χ3v) is 4.79. The molecule has 6 nitrogen and oxygen atoms in total. The molecule has 2 aromatic carbocycles. The van der Waals surface area contributed by atoms with E-state index in [1.165, 1.54) is 18.5 Å². The van der Waals surface area contributed by atoms with Gasteiger partial charge in [0.05, 0.1) is 27.0 Å². The Morgan fingerprint density at radius 1 is 0.966 bits per heavy atom. The van der Waals surface area contributed by atoms with E-state index in [-0.39, 0.29) is 5.56 Å². The van der Waals surface area contributed by atoms with Gasteiger partial charge in [-0.15, -0.1) is 0 Å². The second kappa shape index (κ2) is 7.95. The summed E-state index contributed by atoms with van der Waals surface area (Å²) in [6, 6.07) is 18.0. The number of benzene rings is 2. The summed E-state index contributed by atoms with van der Waals surface area (Å²) in [6.45, 7) is 0. The Hall–Kier alpha value is -3.35. The number of carboxylic acid groups (broad SMARTS) is 1. The monoisotopic (exact) mass is 424 g/mol. The van der Waals surface area contributed by atoms with Crippen LogP contribution in [-0.2, 0) is 0 Å². The Bertz CT molecular complexity index is 1170. The van der Waals surface area contributed by atoms with Crippen LogP contribution in [0.2, 0.25) is 10.0 Å². The van der Waals surface area contributed by atoms with E-state index in [1.807, 2.05) is 30.3 Å². The van der Waals surface area contributed by atoms with Crippen molar-refractivity contribution in [1.82, 2.24) is 14.8 Å². The molecule has 4 aromatic rings. The Labute approximate surface area is 176 Å².